The molecule has 0 saturated carbocycles. The Kier molecular flexibility index (Phi) is 5.80. The van der Waals surface area contributed by atoms with Gasteiger partial charge in [-0.1, -0.05) is 18.2 Å². The first kappa shape index (κ1) is 23.6. The molecule has 1 aliphatic heterocycles. The topological polar surface area (TPSA) is 223 Å². The lowest BCUT2D eigenvalue weighted by molar-refractivity contribution is 0.0685. The zero-order chi connectivity index (χ0) is 24.8. The van der Waals surface area contributed by atoms with Gasteiger partial charge in [-0.25, -0.2) is 36.7 Å². The number of aromatic nitrogens is 2. The summed E-state index contributed by atoms with van der Waals surface area (Å²) in [5.74, 6) is -2.29. The van der Waals surface area contributed by atoms with Gasteiger partial charge in [0.1, 0.15) is 4.90 Å². The van der Waals surface area contributed by atoms with Crippen LogP contribution in [0.25, 0.3) is 22.2 Å². The van der Waals surface area contributed by atoms with Crippen LogP contribution in [-0.2, 0) is 19.9 Å². The number of rotatable bonds is 7. The van der Waals surface area contributed by atoms with Gasteiger partial charge in [0.2, 0.25) is 15.8 Å². The fraction of sp³-hybridized carbons (Fsp3) is 0.211. The highest BCUT2D eigenvalue weighted by Crippen LogP contribution is 2.37. The predicted octanol–water partition coefficient (Wildman–Crippen LogP) is 0.866. The Morgan fingerprint density at radius 3 is 2.50 bits per heavy atom. The average molecular weight is 506 g/mol. The maximum Gasteiger partial charge on any atom is 0.371 e. The fourth-order valence-electron chi connectivity index (χ4n) is 3.68. The van der Waals surface area contributed by atoms with Crippen LogP contribution in [0.15, 0.2) is 55.3 Å². The van der Waals surface area contributed by atoms with Crippen LogP contribution in [0, 0.1) is 0 Å². The van der Waals surface area contributed by atoms with E-state index in [0.717, 1.165) is 6.07 Å². The van der Waals surface area contributed by atoms with Crippen molar-refractivity contribution in [3.8, 4) is 11.1 Å². The quantitative estimate of drug-likeness (QED) is 0.359. The van der Waals surface area contributed by atoms with E-state index in [4.69, 9.17) is 10.9 Å². The van der Waals surface area contributed by atoms with E-state index in [9.17, 15) is 26.7 Å². The standard InChI is InChI=1S/C19H19N7O6S2/c1-9(20)7-33(29,30)13-6-5-10(14(16(13)34(21,31)32)17-22-8-23-26-17)11-3-2-4-12-15(11)25-18(24-12)19(27)28/h2-6,9H,7-8,20H2,1H3,(H,24,25)(H,27,28)(H2,21,31,32)/t9-/m1/s1. The van der Waals surface area contributed by atoms with Crippen LogP contribution in [0.1, 0.15) is 23.1 Å². The molecule has 4 rings (SSSR count). The zero-order valence-electron chi connectivity index (χ0n) is 17.6. The van der Waals surface area contributed by atoms with Crippen LogP contribution in [0.5, 0.6) is 0 Å². The number of aliphatic imine (C=N–C) groups is 1. The summed E-state index contributed by atoms with van der Waals surface area (Å²) in [5.41, 5.74) is 6.55. The lowest BCUT2D eigenvalue weighted by Crippen LogP contribution is -2.28. The third kappa shape index (κ3) is 4.21. The number of nitrogens with zero attached hydrogens (tertiary/aromatic N) is 4. The number of imidazole rings is 1. The van der Waals surface area contributed by atoms with Gasteiger partial charge in [0.05, 0.1) is 27.2 Å². The van der Waals surface area contributed by atoms with Crippen molar-refractivity contribution in [2.24, 2.45) is 26.1 Å². The summed E-state index contributed by atoms with van der Waals surface area (Å²) in [6.07, 6.45) is 0. The number of carboxylic acid groups (broad SMARTS) is 1. The average Bonchev–Trinajstić information content (AvgIpc) is 3.40. The number of carboxylic acids is 1. The van der Waals surface area contributed by atoms with Gasteiger partial charge in [0.15, 0.2) is 22.3 Å². The second-order valence-electron chi connectivity index (χ2n) is 7.58. The molecule has 34 heavy (non-hydrogen) atoms. The number of sulfone groups is 1. The Morgan fingerprint density at radius 1 is 1.18 bits per heavy atom. The third-order valence-corrected chi connectivity index (χ3v) is 8.00. The van der Waals surface area contributed by atoms with Crippen molar-refractivity contribution in [1.82, 2.24) is 9.97 Å². The van der Waals surface area contributed by atoms with Crippen LogP contribution in [0.4, 0.5) is 0 Å². The summed E-state index contributed by atoms with van der Waals surface area (Å²) in [5, 5.41) is 22.4. The number of para-hydroxylation sites is 1. The Balaban J connectivity index is 2.14. The molecule has 0 amide bonds. The van der Waals surface area contributed by atoms with Crippen LogP contribution >= 0.6 is 0 Å². The first-order chi connectivity index (χ1) is 15.9. The van der Waals surface area contributed by atoms with E-state index in [2.05, 4.69) is 25.2 Å². The number of carbonyl (C=O) groups is 1. The maximum atomic E-state index is 13.0. The molecule has 1 aromatic heterocycles. The molecule has 0 spiro atoms. The molecular weight excluding hydrogens is 486 g/mol. The number of amidine groups is 1. The minimum Gasteiger partial charge on any atom is -0.475 e. The lowest BCUT2D eigenvalue weighted by atomic mass is 9.97. The maximum absolute atomic E-state index is 13.0. The van der Waals surface area contributed by atoms with E-state index in [1.165, 1.54) is 13.0 Å². The van der Waals surface area contributed by atoms with E-state index < -0.39 is 47.4 Å². The SMILES string of the molecule is C[C@@H](N)CS(=O)(=O)c1ccc(-c2cccc3[nH]c(C(=O)O)nc23)c(C2=NCN=N2)c1S(N)(=O)=O. The number of H-pyrrole nitrogens is 1. The number of hydrogen-bond acceptors (Lipinski definition) is 10. The number of nitrogens with one attached hydrogen (secondary N) is 1. The van der Waals surface area contributed by atoms with Gasteiger partial charge in [-0.15, -0.1) is 5.11 Å². The Labute approximate surface area is 193 Å². The van der Waals surface area contributed by atoms with Crippen LogP contribution < -0.4 is 10.9 Å². The van der Waals surface area contributed by atoms with E-state index in [1.807, 2.05) is 0 Å². The normalized spacial score (nSPS) is 15.0. The van der Waals surface area contributed by atoms with Crippen molar-refractivity contribution in [3.05, 3.63) is 41.7 Å². The first-order valence-corrected chi connectivity index (χ1v) is 12.9. The van der Waals surface area contributed by atoms with E-state index in [1.54, 1.807) is 18.2 Å². The van der Waals surface area contributed by atoms with Gasteiger partial charge in [0, 0.05) is 11.6 Å². The van der Waals surface area contributed by atoms with Crippen molar-refractivity contribution in [1.29, 1.82) is 0 Å². The second-order valence-corrected chi connectivity index (χ2v) is 11.1. The molecule has 1 atom stereocenters. The molecule has 0 radical (unpaired) electrons. The molecular formula is C19H19N7O6S2. The molecule has 6 N–H and O–H groups in total. The third-order valence-electron chi connectivity index (χ3n) is 4.90. The Hall–Kier alpha value is -3.53. The number of sulfonamides is 1. The van der Waals surface area contributed by atoms with Crippen molar-refractivity contribution in [3.63, 3.8) is 0 Å². The molecule has 178 valence electrons. The monoisotopic (exact) mass is 505 g/mol. The fourth-order valence-corrected chi connectivity index (χ4v) is 6.78. The van der Waals surface area contributed by atoms with Crippen molar-refractivity contribution >= 4 is 42.7 Å². The van der Waals surface area contributed by atoms with Crippen molar-refractivity contribution in [2.45, 2.75) is 22.8 Å². The Morgan fingerprint density at radius 2 is 1.91 bits per heavy atom. The number of fused-ring (bicyclic) bond motifs is 1. The molecule has 0 bridgehead atoms. The van der Waals surface area contributed by atoms with Crippen LogP contribution in [-0.4, -0.2) is 62.2 Å². The molecule has 0 unspecified atom stereocenters. The highest BCUT2D eigenvalue weighted by Gasteiger charge is 2.33. The molecule has 2 aromatic carbocycles. The van der Waals surface area contributed by atoms with Crippen LogP contribution in [0.3, 0.4) is 0 Å². The zero-order valence-corrected chi connectivity index (χ0v) is 19.3. The predicted molar refractivity (Wildman–Crippen MR) is 122 cm³/mol. The van der Waals surface area contributed by atoms with E-state index in [-0.39, 0.29) is 35.0 Å². The highest BCUT2D eigenvalue weighted by molar-refractivity contribution is 7.93. The molecule has 13 nitrogen and oxygen atoms in total. The minimum atomic E-state index is -4.64. The summed E-state index contributed by atoms with van der Waals surface area (Å²) >= 11 is 0. The number of nitrogens with two attached hydrogens (primary N) is 2. The van der Waals surface area contributed by atoms with Gasteiger partial charge in [0.25, 0.3) is 0 Å². The first-order valence-electron chi connectivity index (χ1n) is 9.73. The molecule has 0 saturated heterocycles. The highest BCUT2D eigenvalue weighted by atomic mass is 32.2. The molecule has 1 aliphatic rings. The lowest BCUT2D eigenvalue weighted by Gasteiger charge is -2.17. The van der Waals surface area contributed by atoms with Gasteiger partial charge >= 0.3 is 5.97 Å². The number of aromatic carboxylic acids is 1. The molecule has 0 aliphatic carbocycles. The molecule has 2 heterocycles. The summed E-state index contributed by atoms with van der Waals surface area (Å²) < 4.78 is 51.6. The van der Waals surface area contributed by atoms with E-state index >= 15 is 0 Å². The summed E-state index contributed by atoms with van der Waals surface area (Å²) in [6.45, 7) is 1.38. The number of aromatic amines is 1. The van der Waals surface area contributed by atoms with Crippen LogP contribution in [0.2, 0.25) is 0 Å². The number of hydrogen-bond donors (Lipinski definition) is 4. The van der Waals surface area contributed by atoms with Gasteiger partial charge < -0.3 is 15.8 Å². The number of benzene rings is 2. The van der Waals surface area contributed by atoms with Gasteiger partial charge in [-0.3, -0.25) is 0 Å². The second kappa shape index (κ2) is 8.35. The molecule has 15 heteroatoms. The van der Waals surface area contributed by atoms with Crippen molar-refractivity contribution in [2.75, 3.05) is 12.4 Å². The summed E-state index contributed by atoms with van der Waals surface area (Å²) in [6, 6.07) is 6.47. The summed E-state index contributed by atoms with van der Waals surface area (Å²) in [4.78, 5) is 21.0. The number of primary sulfonamides is 1. The van der Waals surface area contributed by atoms with Crippen molar-refractivity contribution < 1.29 is 26.7 Å². The Bertz CT molecular complexity index is 1610. The number of azo groups is 1. The minimum absolute atomic E-state index is 0.0919. The van der Waals surface area contributed by atoms with E-state index in [0.29, 0.717) is 11.1 Å². The van der Waals surface area contributed by atoms with Gasteiger partial charge in [-0.2, -0.15) is 5.11 Å². The smallest absolute Gasteiger partial charge is 0.371 e. The largest absolute Gasteiger partial charge is 0.475 e. The molecule has 3 aromatic rings. The molecule has 0 fully saturated rings. The summed E-state index contributed by atoms with van der Waals surface area (Å²) in [7, 11) is -8.82. The van der Waals surface area contributed by atoms with Gasteiger partial charge in [-0.05, 0) is 24.6 Å².